The Labute approximate surface area is 75.0 Å². The van der Waals surface area contributed by atoms with E-state index in [1.165, 1.54) is 6.07 Å². The normalized spacial score (nSPS) is 12.9. The average molecular weight is 187 g/mol. The minimum atomic E-state index is -0.962. The number of benzene rings is 1. The first kappa shape index (κ1) is 9.92. The highest BCUT2D eigenvalue weighted by atomic mass is 19.1. The smallest absolute Gasteiger partial charge is 0.165 e. The Morgan fingerprint density at radius 1 is 1.54 bits per heavy atom. The quantitative estimate of drug-likeness (QED) is 0.741. The van der Waals surface area contributed by atoms with Gasteiger partial charge in [0.15, 0.2) is 11.6 Å². The molecule has 1 rings (SSSR count). The number of rotatable bonds is 2. The van der Waals surface area contributed by atoms with Gasteiger partial charge in [0.2, 0.25) is 0 Å². The lowest BCUT2D eigenvalue weighted by atomic mass is 10.0. The van der Waals surface area contributed by atoms with E-state index in [4.69, 9.17) is 5.73 Å². The van der Waals surface area contributed by atoms with Crippen molar-refractivity contribution in [3.63, 3.8) is 0 Å². The SMILES string of the molecule is Cc1ccc(F)c(O)c1[C@@H](N)CF. The van der Waals surface area contributed by atoms with Crippen LogP contribution in [0.4, 0.5) is 8.78 Å². The second kappa shape index (κ2) is 3.70. The fourth-order valence-electron chi connectivity index (χ4n) is 1.23. The molecule has 0 aliphatic carbocycles. The van der Waals surface area contributed by atoms with Gasteiger partial charge in [-0.2, -0.15) is 0 Å². The second-order valence-electron chi connectivity index (χ2n) is 2.89. The number of aromatic hydroxyl groups is 1. The molecule has 1 aromatic rings. The molecule has 0 amide bonds. The summed E-state index contributed by atoms with van der Waals surface area (Å²) in [4.78, 5) is 0. The Morgan fingerprint density at radius 2 is 2.15 bits per heavy atom. The highest BCUT2D eigenvalue weighted by Crippen LogP contribution is 2.29. The minimum absolute atomic E-state index is 0.141. The van der Waals surface area contributed by atoms with Crippen LogP contribution in [0.1, 0.15) is 17.2 Å². The maximum Gasteiger partial charge on any atom is 0.165 e. The van der Waals surface area contributed by atoms with Gasteiger partial charge in [-0.05, 0) is 18.6 Å². The van der Waals surface area contributed by atoms with Crippen LogP contribution in [0.3, 0.4) is 0 Å². The number of alkyl halides is 1. The summed E-state index contributed by atoms with van der Waals surface area (Å²) < 4.78 is 25.0. The summed E-state index contributed by atoms with van der Waals surface area (Å²) in [7, 11) is 0. The molecule has 0 aliphatic rings. The van der Waals surface area contributed by atoms with Gasteiger partial charge in [0.05, 0.1) is 6.04 Å². The van der Waals surface area contributed by atoms with Crippen molar-refractivity contribution in [2.45, 2.75) is 13.0 Å². The number of hydrogen-bond donors (Lipinski definition) is 2. The van der Waals surface area contributed by atoms with Crippen molar-refractivity contribution < 1.29 is 13.9 Å². The Balaban J connectivity index is 3.25. The standard InChI is InChI=1S/C9H11F2NO/c1-5-2-3-6(11)9(13)8(5)7(12)4-10/h2-3,7,13H,4,12H2,1H3/t7-/m0/s1. The topological polar surface area (TPSA) is 46.2 Å². The molecule has 2 nitrogen and oxygen atoms in total. The van der Waals surface area contributed by atoms with Crippen molar-refractivity contribution in [1.29, 1.82) is 0 Å². The lowest BCUT2D eigenvalue weighted by Crippen LogP contribution is -2.14. The van der Waals surface area contributed by atoms with Crippen LogP contribution in [0.5, 0.6) is 5.75 Å². The van der Waals surface area contributed by atoms with E-state index < -0.39 is 24.3 Å². The maximum atomic E-state index is 12.8. The fourth-order valence-corrected chi connectivity index (χ4v) is 1.23. The number of hydrogen-bond acceptors (Lipinski definition) is 2. The van der Waals surface area contributed by atoms with E-state index in [-0.39, 0.29) is 5.56 Å². The van der Waals surface area contributed by atoms with Crippen molar-refractivity contribution >= 4 is 0 Å². The third-order valence-electron chi connectivity index (χ3n) is 1.92. The Hall–Kier alpha value is -1.16. The summed E-state index contributed by atoms with van der Waals surface area (Å²) >= 11 is 0. The zero-order valence-corrected chi connectivity index (χ0v) is 7.22. The average Bonchev–Trinajstić information content (AvgIpc) is 2.12. The van der Waals surface area contributed by atoms with Crippen LogP contribution in [0.25, 0.3) is 0 Å². The van der Waals surface area contributed by atoms with E-state index in [1.807, 2.05) is 0 Å². The number of phenols is 1. The van der Waals surface area contributed by atoms with Crippen LogP contribution in [0.2, 0.25) is 0 Å². The summed E-state index contributed by atoms with van der Waals surface area (Å²) in [6.07, 6.45) is 0. The molecular formula is C9H11F2NO. The van der Waals surface area contributed by atoms with Gasteiger partial charge < -0.3 is 10.8 Å². The molecule has 0 fully saturated rings. The maximum absolute atomic E-state index is 12.8. The Bertz CT molecular complexity index is 315. The van der Waals surface area contributed by atoms with Crippen molar-refractivity contribution in [2.75, 3.05) is 6.67 Å². The second-order valence-corrected chi connectivity index (χ2v) is 2.89. The molecule has 13 heavy (non-hydrogen) atoms. The lowest BCUT2D eigenvalue weighted by molar-refractivity contribution is 0.395. The van der Waals surface area contributed by atoms with Gasteiger partial charge in [-0.15, -0.1) is 0 Å². The largest absolute Gasteiger partial charge is 0.505 e. The zero-order chi connectivity index (χ0) is 10.0. The first-order valence-corrected chi connectivity index (χ1v) is 3.87. The molecule has 3 N–H and O–H groups in total. The van der Waals surface area contributed by atoms with Gasteiger partial charge in [0.1, 0.15) is 6.67 Å². The summed E-state index contributed by atoms with van der Waals surface area (Å²) in [5.74, 6) is -1.32. The molecular weight excluding hydrogens is 176 g/mol. The molecule has 0 heterocycles. The van der Waals surface area contributed by atoms with Crippen LogP contribution in [0, 0.1) is 12.7 Å². The number of aryl methyl sites for hydroxylation is 1. The van der Waals surface area contributed by atoms with E-state index in [0.29, 0.717) is 5.56 Å². The first-order chi connectivity index (χ1) is 6.07. The highest BCUT2D eigenvalue weighted by Gasteiger charge is 2.16. The van der Waals surface area contributed by atoms with Crippen molar-refractivity contribution in [2.24, 2.45) is 5.73 Å². The molecule has 0 bridgehead atoms. The first-order valence-electron chi connectivity index (χ1n) is 3.87. The molecule has 0 unspecified atom stereocenters. The number of halogens is 2. The Kier molecular flexibility index (Phi) is 2.83. The van der Waals surface area contributed by atoms with Gasteiger partial charge >= 0.3 is 0 Å². The van der Waals surface area contributed by atoms with E-state index in [2.05, 4.69) is 0 Å². The Morgan fingerprint density at radius 3 is 2.69 bits per heavy atom. The summed E-state index contributed by atoms with van der Waals surface area (Å²) in [5, 5.41) is 9.26. The van der Waals surface area contributed by atoms with Crippen molar-refractivity contribution in [3.8, 4) is 5.75 Å². The minimum Gasteiger partial charge on any atom is -0.505 e. The van der Waals surface area contributed by atoms with E-state index in [9.17, 15) is 13.9 Å². The van der Waals surface area contributed by atoms with E-state index >= 15 is 0 Å². The van der Waals surface area contributed by atoms with Crippen molar-refractivity contribution in [3.05, 3.63) is 29.1 Å². The molecule has 72 valence electrons. The van der Waals surface area contributed by atoms with Gasteiger partial charge in [0, 0.05) is 5.56 Å². The molecule has 0 aromatic heterocycles. The van der Waals surface area contributed by atoms with Crippen LogP contribution in [-0.4, -0.2) is 11.8 Å². The van der Waals surface area contributed by atoms with Gasteiger partial charge in [-0.1, -0.05) is 6.07 Å². The third-order valence-corrected chi connectivity index (χ3v) is 1.92. The van der Waals surface area contributed by atoms with Crippen molar-refractivity contribution in [1.82, 2.24) is 0 Å². The predicted octanol–water partition coefficient (Wildman–Crippen LogP) is 1.81. The number of phenolic OH excluding ortho intramolecular Hbond substituents is 1. The zero-order valence-electron chi connectivity index (χ0n) is 7.22. The fraction of sp³-hybridized carbons (Fsp3) is 0.333. The molecule has 4 heteroatoms. The molecule has 0 saturated heterocycles. The third kappa shape index (κ3) is 1.78. The van der Waals surface area contributed by atoms with Crippen LogP contribution in [-0.2, 0) is 0 Å². The van der Waals surface area contributed by atoms with Gasteiger partial charge in [-0.25, -0.2) is 8.78 Å². The van der Waals surface area contributed by atoms with E-state index in [0.717, 1.165) is 6.07 Å². The molecule has 0 spiro atoms. The van der Waals surface area contributed by atoms with Crippen LogP contribution in [0.15, 0.2) is 12.1 Å². The predicted molar refractivity (Wildman–Crippen MR) is 45.7 cm³/mol. The molecule has 0 saturated carbocycles. The molecule has 0 aliphatic heterocycles. The van der Waals surface area contributed by atoms with E-state index in [1.54, 1.807) is 6.92 Å². The highest BCUT2D eigenvalue weighted by molar-refractivity contribution is 5.41. The monoisotopic (exact) mass is 187 g/mol. The summed E-state index contributed by atoms with van der Waals surface area (Å²) in [6.45, 7) is 0.821. The molecule has 1 aromatic carbocycles. The van der Waals surface area contributed by atoms with Gasteiger partial charge in [-0.3, -0.25) is 0 Å². The van der Waals surface area contributed by atoms with Gasteiger partial charge in [0.25, 0.3) is 0 Å². The summed E-state index contributed by atoms with van der Waals surface area (Å²) in [6, 6.07) is 1.62. The van der Waals surface area contributed by atoms with Crippen LogP contribution >= 0.6 is 0 Å². The van der Waals surface area contributed by atoms with Crippen LogP contribution < -0.4 is 5.73 Å². The molecule has 1 atom stereocenters. The lowest BCUT2D eigenvalue weighted by Gasteiger charge is -2.13. The number of nitrogens with two attached hydrogens (primary N) is 1. The molecule has 0 radical (unpaired) electrons. The summed E-state index contributed by atoms with van der Waals surface area (Å²) in [5.41, 5.74) is 6.09.